The Labute approximate surface area is 153 Å². The quantitative estimate of drug-likeness (QED) is 0.626. The third-order valence-corrected chi connectivity index (χ3v) is 4.63. The highest BCUT2D eigenvalue weighted by atomic mass is 16.7. The van der Waals surface area contributed by atoms with E-state index in [-0.39, 0.29) is 5.92 Å². The maximum atomic E-state index is 5.28. The number of hydrogen-bond donors (Lipinski definition) is 2. The molecule has 1 aliphatic rings. The molecule has 0 fully saturated rings. The lowest BCUT2D eigenvalue weighted by Gasteiger charge is -2.20. The van der Waals surface area contributed by atoms with E-state index in [1.807, 2.05) is 39.1 Å². The molecule has 136 valence electrons. The van der Waals surface area contributed by atoms with Gasteiger partial charge in [-0.2, -0.15) is 0 Å². The third kappa shape index (κ3) is 3.47. The maximum Gasteiger partial charge on any atom is 0.144 e. The van der Waals surface area contributed by atoms with Crippen molar-refractivity contribution >= 4 is 5.57 Å². The molecule has 0 aromatic carbocycles. The lowest BCUT2D eigenvalue weighted by Crippen LogP contribution is -2.22. The summed E-state index contributed by atoms with van der Waals surface area (Å²) < 4.78 is 5.28. The van der Waals surface area contributed by atoms with Crippen molar-refractivity contribution < 1.29 is 9.36 Å². The fourth-order valence-corrected chi connectivity index (χ4v) is 3.41. The molecular formula is C20H24N4O2. The van der Waals surface area contributed by atoms with Crippen LogP contribution in [0.2, 0.25) is 0 Å². The van der Waals surface area contributed by atoms with E-state index in [0.29, 0.717) is 0 Å². The second kappa shape index (κ2) is 7.68. The van der Waals surface area contributed by atoms with Gasteiger partial charge in [-0.15, -0.1) is 0 Å². The molecule has 6 heteroatoms. The number of hydrazine groups is 1. The summed E-state index contributed by atoms with van der Waals surface area (Å²) in [5.74, 6) is 6.97. The largest absolute Gasteiger partial charge is 0.394 e. The van der Waals surface area contributed by atoms with Gasteiger partial charge < -0.3 is 9.36 Å². The fraction of sp³-hybridized carbons (Fsp3) is 0.300. The van der Waals surface area contributed by atoms with E-state index in [0.717, 1.165) is 46.0 Å². The zero-order chi connectivity index (χ0) is 18.7. The van der Waals surface area contributed by atoms with Gasteiger partial charge in [0.25, 0.3) is 0 Å². The summed E-state index contributed by atoms with van der Waals surface area (Å²) in [6.07, 6.45) is 10.9. The second-order valence-electron chi connectivity index (χ2n) is 6.36. The molecule has 1 atom stereocenters. The van der Waals surface area contributed by atoms with Crippen LogP contribution in [-0.4, -0.2) is 10.1 Å². The van der Waals surface area contributed by atoms with E-state index < -0.39 is 0 Å². The first-order valence-electron chi connectivity index (χ1n) is 8.62. The number of nitrogens with zero attached hydrogens (tertiary/aromatic N) is 2. The summed E-state index contributed by atoms with van der Waals surface area (Å²) in [5.41, 5.74) is 8.46. The predicted octanol–water partition coefficient (Wildman–Crippen LogP) is 3.92. The summed E-state index contributed by atoms with van der Waals surface area (Å²) in [6, 6.07) is 2.15. The normalized spacial score (nSPS) is 17.3. The molecular weight excluding hydrogens is 328 g/mol. The topological polar surface area (TPSA) is 86.2 Å². The van der Waals surface area contributed by atoms with Gasteiger partial charge in [0.15, 0.2) is 0 Å². The number of hydrogen-bond acceptors (Lipinski definition) is 6. The summed E-state index contributed by atoms with van der Waals surface area (Å²) in [4.78, 5) is 9.87. The van der Waals surface area contributed by atoms with Crippen molar-refractivity contribution in [1.29, 1.82) is 0 Å². The van der Waals surface area contributed by atoms with Crippen LogP contribution in [0, 0.1) is 26.7 Å². The summed E-state index contributed by atoms with van der Waals surface area (Å²) in [5, 5.41) is 4.04. The minimum atomic E-state index is 0.251. The summed E-state index contributed by atoms with van der Waals surface area (Å²) in [6.45, 7) is 8.00. The van der Waals surface area contributed by atoms with Crippen molar-refractivity contribution in [2.24, 2.45) is 11.8 Å². The Hall–Kier alpha value is -2.70. The number of rotatable bonds is 5. The van der Waals surface area contributed by atoms with Crippen LogP contribution in [0.25, 0.3) is 16.7 Å². The number of pyridine rings is 1. The van der Waals surface area contributed by atoms with Gasteiger partial charge in [0, 0.05) is 23.2 Å². The molecule has 1 unspecified atom stereocenters. The monoisotopic (exact) mass is 352 g/mol. The van der Waals surface area contributed by atoms with E-state index in [4.69, 9.17) is 20.2 Å². The van der Waals surface area contributed by atoms with Gasteiger partial charge in [-0.05, 0) is 63.5 Å². The van der Waals surface area contributed by atoms with Gasteiger partial charge in [0.2, 0.25) is 0 Å². The van der Waals surface area contributed by atoms with Gasteiger partial charge >= 0.3 is 0 Å². The lowest BCUT2D eigenvalue weighted by atomic mass is 9.87. The number of aromatic nitrogens is 2. The van der Waals surface area contributed by atoms with Gasteiger partial charge in [-0.25, -0.2) is 5.84 Å². The molecule has 26 heavy (non-hydrogen) atoms. The third-order valence-electron chi connectivity index (χ3n) is 4.63. The number of nitrogens with one attached hydrogen (secondary N) is 1. The minimum Gasteiger partial charge on any atom is -0.394 e. The first-order chi connectivity index (χ1) is 12.5. The standard InChI is InChI=1S/C20H24N4O2/c1-5-18(15-6-8-17(9-7-15)26-24-21)20-12(2)10-16(11-22-20)19-13(3)23-25-14(19)4/h5-6,8-11,15,24H,7,21H2,1-4H3/b18-5-. The SMILES string of the molecule is C/C=C(\c1ncc(-c2c(C)noc2C)cc1C)C1C=CC(ONN)=CC1. The van der Waals surface area contributed by atoms with E-state index >= 15 is 0 Å². The number of aryl methyl sites for hydroxylation is 3. The zero-order valence-electron chi connectivity index (χ0n) is 15.5. The Balaban J connectivity index is 1.88. The smallest absolute Gasteiger partial charge is 0.144 e. The van der Waals surface area contributed by atoms with Crippen LogP contribution < -0.4 is 11.4 Å². The molecule has 0 saturated carbocycles. The first kappa shape index (κ1) is 18.1. The van der Waals surface area contributed by atoms with Gasteiger partial charge in [-0.1, -0.05) is 22.9 Å². The van der Waals surface area contributed by atoms with Crippen LogP contribution in [0.15, 0.2) is 46.8 Å². The molecule has 0 saturated heterocycles. The van der Waals surface area contributed by atoms with E-state index in [1.165, 1.54) is 5.57 Å². The molecule has 2 aromatic heterocycles. The maximum absolute atomic E-state index is 5.28. The molecule has 3 N–H and O–H groups in total. The van der Waals surface area contributed by atoms with Crippen molar-refractivity contribution in [2.45, 2.75) is 34.1 Å². The molecule has 3 rings (SSSR count). The first-order valence-corrected chi connectivity index (χ1v) is 8.62. The van der Waals surface area contributed by atoms with Crippen LogP contribution in [-0.2, 0) is 4.84 Å². The summed E-state index contributed by atoms with van der Waals surface area (Å²) in [7, 11) is 0. The second-order valence-corrected chi connectivity index (χ2v) is 6.36. The van der Waals surface area contributed by atoms with Gasteiger partial charge in [-0.3, -0.25) is 4.98 Å². The fourth-order valence-electron chi connectivity index (χ4n) is 3.41. The van der Waals surface area contributed by atoms with E-state index in [9.17, 15) is 0 Å². The molecule has 0 aliphatic heterocycles. The van der Waals surface area contributed by atoms with Crippen LogP contribution >= 0.6 is 0 Å². The molecule has 0 bridgehead atoms. The average Bonchev–Trinajstić information content (AvgIpc) is 2.97. The van der Waals surface area contributed by atoms with Crippen LogP contribution in [0.4, 0.5) is 0 Å². The zero-order valence-corrected chi connectivity index (χ0v) is 15.5. The Kier molecular flexibility index (Phi) is 5.35. The average molecular weight is 352 g/mol. The predicted molar refractivity (Wildman–Crippen MR) is 101 cm³/mol. The van der Waals surface area contributed by atoms with Crippen molar-refractivity contribution in [3.63, 3.8) is 0 Å². The highest BCUT2D eigenvalue weighted by Gasteiger charge is 2.19. The van der Waals surface area contributed by atoms with Crippen LogP contribution in [0.1, 0.15) is 36.1 Å². The highest BCUT2D eigenvalue weighted by molar-refractivity contribution is 5.73. The molecule has 0 spiro atoms. The lowest BCUT2D eigenvalue weighted by molar-refractivity contribution is 0.114. The number of nitrogens with two attached hydrogens (primary N) is 1. The Bertz CT molecular complexity index is 874. The molecule has 2 heterocycles. The Morgan fingerprint density at radius 1 is 1.38 bits per heavy atom. The Morgan fingerprint density at radius 2 is 2.19 bits per heavy atom. The summed E-state index contributed by atoms with van der Waals surface area (Å²) >= 11 is 0. The number of allylic oxidation sites excluding steroid dienone is 5. The van der Waals surface area contributed by atoms with Crippen LogP contribution in [0.5, 0.6) is 0 Å². The van der Waals surface area contributed by atoms with Gasteiger partial charge in [0.1, 0.15) is 11.5 Å². The van der Waals surface area contributed by atoms with Crippen molar-refractivity contribution in [2.75, 3.05) is 0 Å². The van der Waals surface area contributed by atoms with Crippen molar-refractivity contribution in [3.05, 3.63) is 65.0 Å². The van der Waals surface area contributed by atoms with Gasteiger partial charge in [0.05, 0.1) is 11.4 Å². The van der Waals surface area contributed by atoms with E-state index in [1.54, 1.807) is 0 Å². The molecule has 6 nitrogen and oxygen atoms in total. The molecule has 0 radical (unpaired) electrons. The molecule has 0 amide bonds. The van der Waals surface area contributed by atoms with Crippen LogP contribution in [0.3, 0.4) is 0 Å². The Morgan fingerprint density at radius 3 is 2.73 bits per heavy atom. The minimum absolute atomic E-state index is 0.251. The molecule has 2 aromatic rings. The van der Waals surface area contributed by atoms with Crippen molar-refractivity contribution in [1.82, 2.24) is 15.7 Å². The molecule has 1 aliphatic carbocycles. The highest BCUT2D eigenvalue weighted by Crippen LogP contribution is 2.34. The van der Waals surface area contributed by atoms with Crippen molar-refractivity contribution in [3.8, 4) is 11.1 Å². The van der Waals surface area contributed by atoms with E-state index in [2.05, 4.69) is 35.9 Å².